The van der Waals surface area contributed by atoms with Gasteiger partial charge in [-0.25, -0.2) is 4.98 Å². The largest absolute Gasteiger partial charge is 0.389 e. The molecule has 6 rings (SSSR count). The van der Waals surface area contributed by atoms with Gasteiger partial charge in [0.15, 0.2) is 0 Å². The van der Waals surface area contributed by atoms with E-state index in [1.54, 1.807) is 17.5 Å². The van der Waals surface area contributed by atoms with E-state index in [-0.39, 0.29) is 17.4 Å². The van der Waals surface area contributed by atoms with Gasteiger partial charge < -0.3 is 15.2 Å². The van der Waals surface area contributed by atoms with Gasteiger partial charge in [-0.05, 0) is 93.4 Å². The minimum absolute atomic E-state index is 0.0251. The first kappa shape index (κ1) is 24.3. The third kappa shape index (κ3) is 4.45. The van der Waals surface area contributed by atoms with E-state index in [1.807, 2.05) is 12.1 Å². The Morgan fingerprint density at radius 1 is 1.25 bits per heavy atom. The van der Waals surface area contributed by atoms with Gasteiger partial charge in [-0.1, -0.05) is 11.6 Å². The van der Waals surface area contributed by atoms with Crippen molar-refractivity contribution in [2.75, 3.05) is 31.6 Å². The van der Waals surface area contributed by atoms with Crippen molar-refractivity contribution < 1.29 is 14.6 Å². The summed E-state index contributed by atoms with van der Waals surface area (Å²) in [6.07, 6.45) is 4.21. The molecule has 2 N–H and O–H groups in total. The Bertz CT molecular complexity index is 1300. The van der Waals surface area contributed by atoms with Gasteiger partial charge in [0.1, 0.15) is 5.82 Å². The molecule has 1 aliphatic carbocycles. The lowest BCUT2D eigenvalue weighted by atomic mass is 9.85. The molecule has 1 aromatic carbocycles. The minimum atomic E-state index is -0.445. The first-order valence-electron chi connectivity index (χ1n) is 12.8. The zero-order valence-electron chi connectivity index (χ0n) is 20.7. The Kier molecular flexibility index (Phi) is 6.33. The van der Waals surface area contributed by atoms with Crippen LogP contribution < -0.4 is 5.32 Å². The van der Waals surface area contributed by atoms with Crippen LogP contribution in [-0.2, 0) is 9.53 Å². The Morgan fingerprint density at radius 3 is 2.75 bits per heavy atom. The average Bonchev–Trinajstić information content (AvgIpc) is 3.44. The lowest BCUT2D eigenvalue weighted by molar-refractivity contribution is -0.117. The maximum Gasteiger partial charge on any atom is 0.229 e. The highest BCUT2D eigenvalue weighted by atomic mass is 35.5. The van der Waals surface area contributed by atoms with Crippen molar-refractivity contribution in [2.24, 2.45) is 5.92 Å². The van der Waals surface area contributed by atoms with Crippen molar-refractivity contribution in [1.82, 2.24) is 9.88 Å². The number of ether oxygens (including phenoxy) is 1. The standard InChI is InChI=1S/C28H32ClN3O3S/c1-16-3-4-24(36-16)21-12-22(21)27(34)31-26-11-18-9-20(23(29)10-19(18)13-30-26)17-5-7-32(8-6-17)28(2)15-35-14-25(28)33/h3-4,9-11,13,17,21-22,25,33H,5-8,12,14-15H2,1-2H3,(H,30,31,34)/t21?,22?,25-,28+/m0/s1. The molecule has 3 fully saturated rings. The molecular weight excluding hydrogens is 494 g/mol. The molecule has 3 aromatic rings. The molecule has 6 nitrogen and oxygen atoms in total. The van der Waals surface area contributed by atoms with Crippen molar-refractivity contribution in [3.05, 3.63) is 56.9 Å². The van der Waals surface area contributed by atoms with Crippen molar-refractivity contribution in [3.8, 4) is 0 Å². The van der Waals surface area contributed by atoms with Crippen LogP contribution in [0.15, 0.2) is 36.5 Å². The number of aliphatic hydroxyl groups is 1. The van der Waals surface area contributed by atoms with Gasteiger partial charge in [0, 0.05) is 38.2 Å². The summed E-state index contributed by atoms with van der Waals surface area (Å²) >= 11 is 8.51. The minimum Gasteiger partial charge on any atom is -0.389 e. The molecular formula is C28H32ClN3O3S. The predicted molar refractivity (Wildman–Crippen MR) is 144 cm³/mol. The van der Waals surface area contributed by atoms with Crippen LogP contribution in [0.3, 0.4) is 0 Å². The highest BCUT2D eigenvalue weighted by Crippen LogP contribution is 2.50. The number of piperidine rings is 1. The van der Waals surface area contributed by atoms with Gasteiger partial charge in [0.25, 0.3) is 0 Å². The van der Waals surface area contributed by atoms with Gasteiger partial charge in [-0.3, -0.25) is 9.69 Å². The second-order valence-corrected chi connectivity index (χ2v) is 12.6. The van der Waals surface area contributed by atoms with E-state index >= 15 is 0 Å². The van der Waals surface area contributed by atoms with Crippen molar-refractivity contribution >= 4 is 45.4 Å². The molecule has 2 unspecified atom stereocenters. The molecule has 8 heteroatoms. The maximum atomic E-state index is 12.9. The van der Waals surface area contributed by atoms with E-state index < -0.39 is 6.10 Å². The summed E-state index contributed by atoms with van der Waals surface area (Å²) in [4.78, 5) is 22.3. The first-order valence-corrected chi connectivity index (χ1v) is 14.0. The number of nitrogens with one attached hydrogen (secondary N) is 1. The summed E-state index contributed by atoms with van der Waals surface area (Å²) < 4.78 is 5.54. The van der Waals surface area contributed by atoms with Gasteiger partial charge >= 0.3 is 0 Å². The second kappa shape index (κ2) is 9.37. The fraction of sp³-hybridized carbons (Fsp3) is 0.500. The molecule has 0 radical (unpaired) electrons. The summed E-state index contributed by atoms with van der Waals surface area (Å²) in [7, 11) is 0. The zero-order chi connectivity index (χ0) is 25.0. The Labute approximate surface area is 220 Å². The number of carbonyl (C=O) groups is 1. The van der Waals surface area contributed by atoms with Gasteiger partial charge in [0.2, 0.25) is 5.91 Å². The fourth-order valence-electron chi connectivity index (χ4n) is 5.89. The van der Waals surface area contributed by atoms with E-state index in [1.165, 1.54) is 9.75 Å². The third-order valence-electron chi connectivity index (χ3n) is 8.39. The first-order chi connectivity index (χ1) is 17.3. The SMILES string of the molecule is Cc1ccc(C2CC2C(=O)Nc2cc3cc(C4CCN([C@]5(C)COC[C@@H]5O)CC4)c(Cl)cc3cn2)s1. The summed E-state index contributed by atoms with van der Waals surface area (Å²) in [5.74, 6) is 1.35. The average molecular weight is 526 g/mol. The van der Waals surface area contributed by atoms with Gasteiger partial charge in [0.05, 0.1) is 24.9 Å². The van der Waals surface area contributed by atoms with E-state index in [9.17, 15) is 9.90 Å². The number of aliphatic hydroxyl groups excluding tert-OH is 1. The fourth-order valence-corrected chi connectivity index (χ4v) is 7.27. The number of carbonyl (C=O) groups excluding carboxylic acids is 1. The smallest absolute Gasteiger partial charge is 0.229 e. The van der Waals surface area contributed by atoms with Crippen molar-refractivity contribution in [3.63, 3.8) is 0 Å². The van der Waals surface area contributed by atoms with Crippen LogP contribution in [0.2, 0.25) is 5.02 Å². The second-order valence-electron chi connectivity index (χ2n) is 10.8. The quantitative estimate of drug-likeness (QED) is 0.471. The lowest BCUT2D eigenvalue weighted by Crippen LogP contribution is -2.56. The number of aromatic nitrogens is 1. The van der Waals surface area contributed by atoms with Crippen LogP contribution in [0, 0.1) is 12.8 Å². The number of hydrogen-bond acceptors (Lipinski definition) is 6. The van der Waals surface area contributed by atoms with Crippen LogP contribution in [-0.4, -0.2) is 58.8 Å². The number of benzene rings is 1. The molecule has 4 heterocycles. The molecule has 1 saturated carbocycles. The number of aryl methyl sites for hydroxylation is 1. The Hall–Kier alpha value is -2.03. The summed E-state index contributed by atoms with van der Waals surface area (Å²) in [6, 6.07) is 10.4. The topological polar surface area (TPSA) is 74.7 Å². The van der Waals surface area contributed by atoms with Crippen molar-refractivity contribution in [2.45, 2.75) is 56.6 Å². The summed E-state index contributed by atoms with van der Waals surface area (Å²) in [5.41, 5.74) is 0.843. The normalized spacial score (nSPS) is 29.1. The van der Waals surface area contributed by atoms with Gasteiger partial charge in [-0.2, -0.15) is 0 Å². The Morgan fingerprint density at radius 2 is 2.06 bits per heavy atom. The highest BCUT2D eigenvalue weighted by molar-refractivity contribution is 7.12. The number of likely N-dealkylation sites (tertiary alicyclic amines) is 1. The molecule has 0 bridgehead atoms. The number of pyridine rings is 1. The van der Waals surface area contributed by atoms with Crippen molar-refractivity contribution in [1.29, 1.82) is 0 Å². The number of halogens is 1. The summed E-state index contributed by atoms with van der Waals surface area (Å²) in [6.45, 7) is 6.99. The van der Waals surface area contributed by atoms with E-state index in [0.29, 0.717) is 30.9 Å². The van der Waals surface area contributed by atoms with E-state index in [4.69, 9.17) is 16.3 Å². The van der Waals surface area contributed by atoms with Crippen LogP contribution in [0.25, 0.3) is 10.8 Å². The number of thiophene rings is 1. The number of anilines is 1. The highest BCUT2D eigenvalue weighted by Gasteiger charge is 2.46. The number of fused-ring (bicyclic) bond motifs is 1. The lowest BCUT2D eigenvalue weighted by Gasteiger charge is -2.43. The zero-order valence-corrected chi connectivity index (χ0v) is 22.2. The Balaban J connectivity index is 1.15. The molecule has 2 aromatic heterocycles. The van der Waals surface area contributed by atoms with Gasteiger partial charge in [-0.15, -0.1) is 11.3 Å². The summed E-state index contributed by atoms with van der Waals surface area (Å²) in [5, 5.41) is 16.2. The maximum absolute atomic E-state index is 12.9. The molecule has 1 amide bonds. The van der Waals surface area contributed by atoms with Crippen LogP contribution in [0.5, 0.6) is 0 Å². The van der Waals surface area contributed by atoms with E-state index in [0.717, 1.165) is 53.7 Å². The molecule has 190 valence electrons. The predicted octanol–water partition coefficient (Wildman–Crippen LogP) is 5.33. The molecule has 0 spiro atoms. The molecule has 2 aliphatic heterocycles. The molecule has 3 aliphatic rings. The number of amides is 1. The number of nitrogens with zero attached hydrogens (tertiary/aromatic N) is 2. The monoisotopic (exact) mass is 525 g/mol. The molecule has 2 saturated heterocycles. The van der Waals surface area contributed by atoms with Crippen LogP contribution in [0.4, 0.5) is 5.82 Å². The van der Waals surface area contributed by atoms with Crippen LogP contribution >= 0.6 is 22.9 Å². The molecule has 4 atom stereocenters. The van der Waals surface area contributed by atoms with Crippen LogP contribution in [0.1, 0.15) is 53.3 Å². The third-order valence-corrected chi connectivity index (χ3v) is 9.85. The number of hydrogen-bond donors (Lipinski definition) is 2. The van der Waals surface area contributed by atoms with E-state index in [2.05, 4.69) is 47.2 Å². The number of rotatable bonds is 5. The molecule has 36 heavy (non-hydrogen) atoms.